The summed E-state index contributed by atoms with van der Waals surface area (Å²) in [6, 6.07) is 0.722. The summed E-state index contributed by atoms with van der Waals surface area (Å²) < 4.78 is 1.95. The third-order valence-corrected chi connectivity index (χ3v) is 2.42. The minimum Gasteiger partial charge on any atom is -0.396 e. The maximum Gasteiger partial charge on any atom is 0.0751 e. The van der Waals surface area contributed by atoms with Crippen molar-refractivity contribution in [1.82, 2.24) is 15.1 Å². The third kappa shape index (κ3) is 1.83. The van der Waals surface area contributed by atoms with E-state index >= 15 is 0 Å². The minimum atomic E-state index is 0.722. The molecular formula is C9H16N4. The van der Waals surface area contributed by atoms with E-state index in [1.54, 1.807) is 6.20 Å². The lowest BCUT2D eigenvalue weighted by atomic mass is 10.3. The molecule has 0 bridgehead atoms. The molecule has 1 aliphatic rings. The van der Waals surface area contributed by atoms with Gasteiger partial charge in [-0.05, 0) is 19.8 Å². The number of hydrogen-bond acceptors (Lipinski definition) is 3. The van der Waals surface area contributed by atoms with Crippen molar-refractivity contribution in [2.75, 3.05) is 5.73 Å². The largest absolute Gasteiger partial charge is 0.396 e. The first-order valence-corrected chi connectivity index (χ1v) is 4.84. The SMILES string of the molecule is CCn1ncc(N)c1CNC1CC1. The van der Waals surface area contributed by atoms with Crippen molar-refractivity contribution in [2.24, 2.45) is 0 Å². The number of hydrogen-bond donors (Lipinski definition) is 2. The summed E-state index contributed by atoms with van der Waals surface area (Å²) >= 11 is 0. The Labute approximate surface area is 78.1 Å². The smallest absolute Gasteiger partial charge is 0.0751 e. The number of nitrogens with two attached hydrogens (primary N) is 1. The van der Waals surface area contributed by atoms with Gasteiger partial charge in [-0.1, -0.05) is 0 Å². The van der Waals surface area contributed by atoms with E-state index in [2.05, 4.69) is 17.3 Å². The molecule has 3 N–H and O–H groups in total. The Morgan fingerprint density at radius 3 is 3.08 bits per heavy atom. The van der Waals surface area contributed by atoms with E-state index in [1.165, 1.54) is 12.8 Å². The normalized spacial score (nSPS) is 16.4. The summed E-state index contributed by atoms with van der Waals surface area (Å²) in [4.78, 5) is 0. The fraction of sp³-hybridized carbons (Fsp3) is 0.667. The van der Waals surface area contributed by atoms with E-state index < -0.39 is 0 Å². The summed E-state index contributed by atoms with van der Waals surface area (Å²) in [6.07, 6.45) is 4.34. The molecule has 0 aromatic carbocycles. The number of nitrogen functional groups attached to an aromatic ring is 1. The zero-order valence-electron chi connectivity index (χ0n) is 7.95. The highest BCUT2D eigenvalue weighted by molar-refractivity contribution is 5.40. The van der Waals surface area contributed by atoms with Crippen molar-refractivity contribution >= 4 is 5.69 Å². The van der Waals surface area contributed by atoms with Crippen LogP contribution < -0.4 is 11.1 Å². The van der Waals surface area contributed by atoms with Gasteiger partial charge in [-0.15, -0.1) is 0 Å². The van der Waals surface area contributed by atoms with E-state index in [9.17, 15) is 0 Å². The van der Waals surface area contributed by atoms with Crippen LogP contribution in [0.25, 0.3) is 0 Å². The molecule has 0 spiro atoms. The van der Waals surface area contributed by atoms with Gasteiger partial charge in [0.15, 0.2) is 0 Å². The van der Waals surface area contributed by atoms with E-state index in [-0.39, 0.29) is 0 Å². The molecule has 0 unspecified atom stereocenters. The van der Waals surface area contributed by atoms with Gasteiger partial charge in [0, 0.05) is 19.1 Å². The predicted molar refractivity (Wildman–Crippen MR) is 52.2 cm³/mol. The van der Waals surface area contributed by atoms with Crippen molar-refractivity contribution in [3.63, 3.8) is 0 Å². The molecule has 1 fully saturated rings. The minimum absolute atomic E-state index is 0.722. The lowest BCUT2D eigenvalue weighted by molar-refractivity contribution is 0.581. The summed E-state index contributed by atoms with van der Waals surface area (Å²) in [7, 11) is 0. The average molecular weight is 180 g/mol. The molecule has 1 aliphatic carbocycles. The van der Waals surface area contributed by atoms with Crippen molar-refractivity contribution < 1.29 is 0 Å². The fourth-order valence-corrected chi connectivity index (χ4v) is 1.42. The Kier molecular flexibility index (Phi) is 2.22. The molecule has 1 aromatic heterocycles. The highest BCUT2D eigenvalue weighted by Gasteiger charge is 2.21. The molecule has 4 nitrogen and oxygen atoms in total. The summed E-state index contributed by atoms with van der Waals surface area (Å²) in [6.45, 7) is 3.82. The van der Waals surface area contributed by atoms with Gasteiger partial charge in [0.2, 0.25) is 0 Å². The molecular weight excluding hydrogens is 164 g/mol. The zero-order valence-corrected chi connectivity index (χ0v) is 7.95. The highest BCUT2D eigenvalue weighted by atomic mass is 15.3. The Morgan fingerprint density at radius 2 is 2.46 bits per heavy atom. The third-order valence-electron chi connectivity index (χ3n) is 2.42. The van der Waals surface area contributed by atoms with Gasteiger partial charge in [0.1, 0.15) is 0 Å². The van der Waals surface area contributed by atoms with Gasteiger partial charge in [-0.3, -0.25) is 4.68 Å². The second-order valence-corrected chi connectivity index (χ2v) is 3.52. The second-order valence-electron chi connectivity index (χ2n) is 3.52. The van der Waals surface area contributed by atoms with Gasteiger partial charge in [-0.2, -0.15) is 5.10 Å². The molecule has 4 heteroatoms. The summed E-state index contributed by atoms with van der Waals surface area (Å²) in [5, 5.41) is 7.62. The Balaban J connectivity index is 2.02. The fourth-order valence-electron chi connectivity index (χ4n) is 1.42. The van der Waals surface area contributed by atoms with Crippen LogP contribution in [0.4, 0.5) is 5.69 Å². The number of nitrogens with zero attached hydrogens (tertiary/aromatic N) is 2. The highest BCUT2D eigenvalue weighted by Crippen LogP contribution is 2.20. The van der Waals surface area contributed by atoms with E-state index in [4.69, 9.17) is 5.73 Å². The van der Waals surface area contributed by atoms with Crippen LogP contribution in [-0.4, -0.2) is 15.8 Å². The number of nitrogens with one attached hydrogen (secondary N) is 1. The molecule has 1 aromatic rings. The van der Waals surface area contributed by atoms with Crippen LogP contribution in [0.5, 0.6) is 0 Å². The van der Waals surface area contributed by atoms with Gasteiger partial charge in [-0.25, -0.2) is 0 Å². The molecule has 0 amide bonds. The quantitative estimate of drug-likeness (QED) is 0.718. The Bertz CT molecular complexity index is 288. The number of aryl methyl sites for hydroxylation is 1. The average Bonchev–Trinajstić information content (AvgIpc) is 2.88. The molecule has 0 atom stereocenters. The molecule has 0 saturated heterocycles. The van der Waals surface area contributed by atoms with Crippen molar-refractivity contribution in [3.8, 4) is 0 Å². The topological polar surface area (TPSA) is 55.9 Å². The molecule has 1 heterocycles. The van der Waals surface area contributed by atoms with Gasteiger partial charge < -0.3 is 11.1 Å². The molecule has 2 rings (SSSR count). The van der Waals surface area contributed by atoms with Gasteiger partial charge >= 0.3 is 0 Å². The van der Waals surface area contributed by atoms with Crippen LogP contribution in [0.15, 0.2) is 6.20 Å². The van der Waals surface area contributed by atoms with Crippen LogP contribution >= 0.6 is 0 Å². The number of aromatic nitrogens is 2. The molecule has 0 aliphatic heterocycles. The first-order chi connectivity index (χ1) is 6.31. The lowest BCUT2D eigenvalue weighted by Gasteiger charge is -2.06. The van der Waals surface area contributed by atoms with E-state index in [0.29, 0.717) is 0 Å². The van der Waals surface area contributed by atoms with Crippen molar-refractivity contribution in [3.05, 3.63) is 11.9 Å². The Morgan fingerprint density at radius 1 is 1.69 bits per heavy atom. The van der Waals surface area contributed by atoms with Crippen molar-refractivity contribution in [2.45, 2.75) is 38.9 Å². The first-order valence-electron chi connectivity index (χ1n) is 4.84. The molecule has 13 heavy (non-hydrogen) atoms. The molecule has 1 saturated carbocycles. The van der Waals surface area contributed by atoms with E-state index in [0.717, 1.165) is 30.5 Å². The monoisotopic (exact) mass is 180 g/mol. The summed E-state index contributed by atoms with van der Waals surface area (Å²) in [5.41, 5.74) is 7.72. The van der Waals surface area contributed by atoms with Crippen molar-refractivity contribution in [1.29, 1.82) is 0 Å². The van der Waals surface area contributed by atoms with Crippen LogP contribution in [0, 0.1) is 0 Å². The number of anilines is 1. The number of rotatable bonds is 4. The molecule has 72 valence electrons. The summed E-state index contributed by atoms with van der Waals surface area (Å²) in [5.74, 6) is 0. The Hall–Kier alpha value is -1.03. The van der Waals surface area contributed by atoms with Crippen LogP contribution in [0.1, 0.15) is 25.5 Å². The molecule has 0 radical (unpaired) electrons. The maximum atomic E-state index is 5.80. The predicted octanol–water partition coefficient (Wildman–Crippen LogP) is 0.737. The second kappa shape index (κ2) is 3.38. The van der Waals surface area contributed by atoms with E-state index in [1.807, 2.05) is 4.68 Å². The van der Waals surface area contributed by atoms with Crippen LogP contribution in [0.2, 0.25) is 0 Å². The zero-order chi connectivity index (χ0) is 9.26. The lowest BCUT2D eigenvalue weighted by Crippen LogP contribution is -2.19. The van der Waals surface area contributed by atoms with Gasteiger partial charge in [0.25, 0.3) is 0 Å². The van der Waals surface area contributed by atoms with Crippen LogP contribution in [0.3, 0.4) is 0 Å². The van der Waals surface area contributed by atoms with Gasteiger partial charge in [0.05, 0.1) is 17.6 Å². The first kappa shape index (κ1) is 8.56. The van der Waals surface area contributed by atoms with Crippen LogP contribution in [-0.2, 0) is 13.1 Å². The maximum absolute atomic E-state index is 5.80. The standard InChI is InChI=1S/C9H16N4/c1-2-13-9(8(10)5-12-13)6-11-7-3-4-7/h5,7,11H,2-4,6,10H2,1H3.